The standard InChI is InChI=1S/C22H20N2O4/c1-16(24)20(13-23)21(25)15-28-22(26)12-9-17-7-10-19(11-8-17)27-14-18-5-3-2-4-6-18/h2-12H,14-15,24H2,1H3/b12-9+,20-16+. The Bertz CT molecular complexity index is 919. The minimum absolute atomic E-state index is 0.0914. The summed E-state index contributed by atoms with van der Waals surface area (Å²) >= 11 is 0. The van der Waals surface area contributed by atoms with Gasteiger partial charge >= 0.3 is 5.97 Å². The van der Waals surface area contributed by atoms with Crippen LogP contribution in [0.2, 0.25) is 0 Å². The maximum atomic E-state index is 11.7. The van der Waals surface area contributed by atoms with Gasteiger partial charge in [0.1, 0.15) is 24.0 Å². The van der Waals surface area contributed by atoms with Crippen LogP contribution in [-0.2, 0) is 20.9 Å². The quantitative estimate of drug-likeness (QED) is 0.431. The maximum absolute atomic E-state index is 11.7. The topological polar surface area (TPSA) is 102 Å². The Kier molecular flexibility index (Phi) is 7.55. The summed E-state index contributed by atoms with van der Waals surface area (Å²) in [6.07, 6.45) is 2.77. The third-order valence-corrected chi connectivity index (χ3v) is 3.67. The zero-order chi connectivity index (χ0) is 20.4. The molecule has 2 aromatic carbocycles. The number of nitriles is 1. The molecular weight excluding hydrogens is 356 g/mol. The number of allylic oxidation sites excluding steroid dienone is 1. The average Bonchev–Trinajstić information content (AvgIpc) is 2.71. The van der Waals surface area contributed by atoms with Crippen molar-refractivity contribution in [1.82, 2.24) is 0 Å². The normalized spacial score (nSPS) is 11.4. The largest absolute Gasteiger partial charge is 0.489 e. The molecule has 0 aliphatic carbocycles. The summed E-state index contributed by atoms with van der Waals surface area (Å²) in [6, 6.07) is 18.7. The van der Waals surface area contributed by atoms with Gasteiger partial charge in [0, 0.05) is 11.8 Å². The van der Waals surface area contributed by atoms with E-state index in [9.17, 15) is 9.59 Å². The van der Waals surface area contributed by atoms with Crippen molar-refractivity contribution in [3.63, 3.8) is 0 Å². The fourth-order valence-electron chi connectivity index (χ4n) is 2.21. The highest BCUT2D eigenvalue weighted by atomic mass is 16.5. The van der Waals surface area contributed by atoms with Crippen LogP contribution in [-0.4, -0.2) is 18.4 Å². The van der Waals surface area contributed by atoms with Gasteiger partial charge in [-0.25, -0.2) is 4.79 Å². The maximum Gasteiger partial charge on any atom is 0.331 e. The number of ether oxygens (including phenoxy) is 2. The molecule has 0 spiro atoms. The summed E-state index contributed by atoms with van der Waals surface area (Å²) in [5, 5.41) is 8.84. The number of ketones is 1. The predicted molar refractivity (Wildman–Crippen MR) is 105 cm³/mol. The van der Waals surface area contributed by atoms with Crippen LogP contribution in [0.3, 0.4) is 0 Å². The lowest BCUT2D eigenvalue weighted by atomic mass is 10.1. The van der Waals surface area contributed by atoms with Crippen LogP contribution >= 0.6 is 0 Å². The van der Waals surface area contributed by atoms with Crippen LogP contribution in [0.25, 0.3) is 6.08 Å². The molecule has 0 unspecified atom stereocenters. The van der Waals surface area contributed by atoms with Gasteiger partial charge in [-0.15, -0.1) is 0 Å². The van der Waals surface area contributed by atoms with E-state index in [4.69, 9.17) is 20.5 Å². The Morgan fingerprint density at radius 3 is 2.39 bits per heavy atom. The van der Waals surface area contributed by atoms with Crippen LogP contribution in [0, 0.1) is 11.3 Å². The second-order valence-corrected chi connectivity index (χ2v) is 5.88. The van der Waals surface area contributed by atoms with Gasteiger partial charge in [-0.3, -0.25) is 4.79 Å². The zero-order valence-electron chi connectivity index (χ0n) is 15.4. The first-order valence-corrected chi connectivity index (χ1v) is 8.51. The van der Waals surface area contributed by atoms with Crippen LogP contribution in [0.5, 0.6) is 5.75 Å². The Labute approximate surface area is 163 Å². The van der Waals surface area contributed by atoms with Crippen molar-refractivity contribution in [3.8, 4) is 11.8 Å². The van der Waals surface area contributed by atoms with Gasteiger partial charge in [0.05, 0.1) is 0 Å². The molecule has 0 saturated heterocycles. The molecule has 6 heteroatoms. The SMILES string of the molecule is C/C(N)=C(/C#N)C(=O)COC(=O)/C=C/c1ccc(OCc2ccccc2)cc1. The minimum Gasteiger partial charge on any atom is -0.489 e. The molecule has 0 radical (unpaired) electrons. The number of benzene rings is 2. The highest BCUT2D eigenvalue weighted by molar-refractivity contribution is 6.01. The van der Waals surface area contributed by atoms with Gasteiger partial charge in [0.15, 0.2) is 6.61 Å². The van der Waals surface area contributed by atoms with Crippen molar-refractivity contribution in [2.75, 3.05) is 6.61 Å². The third kappa shape index (κ3) is 6.46. The number of carbonyl (C=O) groups excluding carboxylic acids is 2. The molecule has 0 aliphatic heterocycles. The molecule has 2 rings (SSSR count). The number of hydrogen-bond acceptors (Lipinski definition) is 6. The molecule has 0 atom stereocenters. The van der Waals surface area contributed by atoms with E-state index in [1.807, 2.05) is 30.3 Å². The van der Waals surface area contributed by atoms with Crippen LogP contribution in [0.4, 0.5) is 0 Å². The van der Waals surface area contributed by atoms with Crippen LogP contribution < -0.4 is 10.5 Å². The van der Waals surface area contributed by atoms with Gasteiger partial charge in [-0.2, -0.15) is 5.26 Å². The number of hydrogen-bond donors (Lipinski definition) is 1. The Morgan fingerprint density at radius 2 is 1.79 bits per heavy atom. The monoisotopic (exact) mass is 376 g/mol. The summed E-state index contributed by atoms with van der Waals surface area (Å²) in [4.78, 5) is 23.4. The lowest BCUT2D eigenvalue weighted by Crippen LogP contribution is -2.16. The smallest absolute Gasteiger partial charge is 0.331 e. The number of carbonyl (C=O) groups is 2. The fourth-order valence-corrected chi connectivity index (χ4v) is 2.21. The summed E-state index contributed by atoms with van der Waals surface area (Å²) in [5.41, 5.74) is 7.15. The van der Waals surface area contributed by atoms with E-state index in [0.29, 0.717) is 12.4 Å². The van der Waals surface area contributed by atoms with Gasteiger partial charge in [0.2, 0.25) is 5.78 Å². The first-order valence-electron chi connectivity index (χ1n) is 8.51. The van der Waals surface area contributed by atoms with E-state index >= 15 is 0 Å². The fraction of sp³-hybridized carbons (Fsp3) is 0.136. The molecule has 2 aromatic rings. The van der Waals surface area contributed by atoms with Crippen molar-refractivity contribution in [2.45, 2.75) is 13.5 Å². The number of esters is 1. The van der Waals surface area contributed by atoms with Crippen molar-refractivity contribution >= 4 is 17.8 Å². The molecule has 142 valence electrons. The number of nitrogens with zero attached hydrogens (tertiary/aromatic N) is 1. The molecular formula is C22H20N2O4. The average molecular weight is 376 g/mol. The lowest BCUT2D eigenvalue weighted by Gasteiger charge is -2.06. The van der Waals surface area contributed by atoms with E-state index in [2.05, 4.69) is 0 Å². The first kappa shape index (κ1) is 20.5. The highest BCUT2D eigenvalue weighted by Gasteiger charge is 2.13. The van der Waals surface area contributed by atoms with E-state index in [0.717, 1.165) is 11.1 Å². The molecule has 0 heterocycles. The number of rotatable bonds is 8. The second kappa shape index (κ2) is 10.3. The number of Topliss-reactive ketones (excluding diaryl/α,β-unsaturated/α-hetero) is 1. The number of nitrogens with two attached hydrogens (primary N) is 1. The minimum atomic E-state index is -0.690. The van der Waals surface area contributed by atoms with Gasteiger partial charge < -0.3 is 15.2 Å². The molecule has 0 aromatic heterocycles. The molecule has 0 amide bonds. The summed E-state index contributed by atoms with van der Waals surface area (Å²) in [5.74, 6) is -0.615. The molecule has 6 nitrogen and oxygen atoms in total. The van der Waals surface area contributed by atoms with Crippen LogP contribution in [0.1, 0.15) is 18.1 Å². The van der Waals surface area contributed by atoms with E-state index in [-0.39, 0.29) is 11.3 Å². The highest BCUT2D eigenvalue weighted by Crippen LogP contribution is 2.15. The molecule has 0 aliphatic rings. The van der Waals surface area contributed by atoms with Crippen molar-refractivity contribution in [1.29, 1.82) is 5.26 Å². The van der Waals surface area contributed by atoms with Crippen LogP contribution in [0.15, 0.2) is 71.9 Å². The van der Waals surface area contributed by atoms with Crippen molar-refractivity contribution < 1.29 is 19.1 Å². The van der Waals surface area contributed by atoms with E-state index in [1.165, 1.54) is 13.0 Å². The molecule has 2 N–H and O–H groups in total. The van der Waals surface area contributed by atoms with Gasteiger partial charge in [0.25, 0.3) is 0 Å². The van der Waals surface area contributed by atoms with E-state index in [1.54, 1.807) is 36.4 Å². The summed E-state index contributed by atoms with van der Waals surface area (Å²) in [6.45, 7) is 1.37. The van der Waals surface area contributed by atoms with Gasteiger partial charge in [-0.1, -0.05) is 42.5 Å². The Morgan fingerprint density at radius 1 is 1.11 bits per heavy atom. The summed E-state index contributed by atoms with van der Waals surface area (Å²) < 4.78 is 10.5. The summed E-state index contributed by atoms with van der Waals surface area (Å²) in [7, 11) is 0. The lowest BCUT2D eigenvalue weighted by molar-refractivity contribution is -0.141. The van der Waals surface area contributed by atoms with Gasteiger partial charge in [-0.05, 0) is 36.3 Å². The van der Waals surface area contributed by atoms with E-state index < -0.39 is 18.4 Å². The Hall–Kier alpha value is -3.85. The third-order valence-electron chi connectivity index (χ3n) is 3.67. The van der Waals surface area contributed by atoms with Crippen molar-refractivity contribution in [3.05, 3.63) is 83.1 Å². The molecule has 28 heavy (non-hydrogen) atoms. The first-order chi connectivity index (χ1) is 13.5. The molecule has 0 bridgehead atoms. The Balaban J connectivity index is 1.83. The predicted octanol–water partition coefficient (Wildman–Crippen LogP) is 3.15. The van der Waals surface area contributed by atoms with Crippen molar-refractivity contribution in [2.24, 2.45) is 5.73 Å². The molecule has 0 saturated carbocycles. The zero-order valence-corrected chi connectivity index (χ0v) is 15.4. The second-order valence-electron chi connectivity index (χ2n) is 5.88. The molecule has 0 fully saturated rings.